The van der Waals surface area contributed by atoms with Crippen molar-refractivity contribution < 1.29 is 14.3 Å². The number of carbonyl (C=O) groups is 2. The second-order valence-electron chi connectivity index (χ2n) is 8.07. The lowest BCUT2D eigenvalue weighted by atomic mass is 9.76. The molecule has 2 amide bonds. The number of hydrogen-bond acceptors (Lipinski definition) is 4. The average Bonchev–Trinajstić information content (AvgIpc) is 3.01. The molecule has 0 saturated heterocycles. The van der Waals surface area contributed by atoms with E-state index in [1.165, 1.54) is 4.90 Å². The fourth-order valence-electron chi connectivity index (χ4n) is 3.82. The third kappa shape index (κ3) is 3.18. The Hall–Kier alpha value is -2.83. The van der Waals surface area contributed by atoms with Gasteiger partial charge in [-0.05, 0) is 36.8 Å². The summed E-state index contributed by atoms with van der Waals surface area (Å²) >= 11 is 0. The summed E-state index contributed by atoms with van der Waals surface area (Å²) in [7, 11) is 1.69. The minimum Gasteiger partial charge on any atom is -0.489 e. The third-order valence-electron chi connectivity index (χ3n) is 5.44. The summed E-state index contributed by atoms with van der Waals surface area (Å²) in [4.78, 5) is 27.1. The zero-order chi connectivity index (χ0) is 19.2. The second kappa shape index (κ2) is 6.40. The number of H-pyrrole nitrogens is 1. The van der Waals surface area contributed by atoms with E-state index in [0.29, 0.717) is 17.1 Å². The first-order valence-corrected chi connectivity index (χ1v) is 9.22. The Morgan fingerprint density at radius 1 is 1.37 bits per heavy atom. The number of para-hydroxylation sites is 2. The van der Waals surface area contributed by atoms with Crippen LogP contribution >= 0.6 is 0 Å². The maximum Gasteiger partial charge on any atom is 0.272 e. The lowest BCUT2D eigenvalue weighted by molar-refractivity contribution is -0.120. The molecule has 2 heterocycles. The van der Waals surface area contributed by atoms with Crippen molar-refractivity contribution in [2.24, 2.45) is 5.41 Å². The van der Waals surface area contributed by atoms with Crippen LogP contribution in [0.15, 0.2) is 24.3 Å². The van der Waals surface area contributed by atoms with Gasteiger partial charge in [-0.25, -0.2) is 0 Å². The number of hydrogen-bond donors (Lipinski definition) is 2. The molecule has 1 aliphatic carbocycles. The molecule has 27 heavy (non-hydrogen) atoms. The number of anilines is 1. The van der Waals surface area contributed by atoms with Crippen LogP contribution in [0.1, 0.15) is 42.0 Å². The van der Waals surface area contributed by atoms with Gasteiger partial charge < -0.3 is 15.0 Å². The molecule has 2 aromatic rings. The fraction of sp³-hybridized carbons (Fsp3) is 0.450. The number of likely N-dealkylation sites (N-methyl/N-ethyl adjacent to an activating group) is 1. The van der Waals surface area contributed by atoms with Crippen molar-refractivity contribution in [1.82, 2.24) is 15.5 Å². The number of nitrogens with one attached hydrogen (secondary N) is 2. The van der Waals surface area contributed by atoms with Gasteiger partial charge in [0.05, 0.1) is 5.69 Å². The van der Waals surface area contributed by atoms with E-state index >= 15 is 0 Å². The van der Waals surface area contributed by atoms with Crippen molar-refractivity contribution in [3.63, 3.8) is 0 Å². The van der Waals surface area contributed by atoms with Crippen LogP contribution in [0.4, 0.5) is 5.69 Å². The van der Waals surface area contributed by atoms with Crippen molar-refractivity contribution in [2.75, 3.05) is 18.6 Å². The molecule has 2 N–H and O–H groups in total. The first kappa shape index (κ1) is 17.6. The number of benzene rings is 1. The number of aromatic amines is 1. The van der Waals surface area contributed by atoms with E-state index in [2.05, 4.69) is 29.4 Å². The van der Waals surface area contributed by atoms with Gasteiger partial charge in [-0.3, -0.25) is 14.7 Å². The summed E-state index contributed by atoms with van der Waals surface area (Å²) in [6.07, 6.45) is 2.68. The van der Waals surface area contributed by atoms with E-state index in [9.17, 15) is 9.59 Å². The quantitative estimate of drug-likeness (QED) is 0.850. The van der Waals surface area contributed by atoms with E-state index in [4.69, 9.17) is 4.74 Å². The van der Waals surface area contributed by atoms with Crippen molar-refractivity contribution in [3.8, 4) is 5.75 Å². The number of fused-ring (bicyclic) bond motifs is 2. The predicted octanol–water partition coefficient (Wildman–Crippen LogP) is 2.08. The molecule has 2 aliphatic rings. The molecular formula is C20H24N4O3. The number of rotatable bonds is 2. The molecule has 1 atom stereocenters. The normalized spacial score (nSPS) is 20.9. The maximum atomic E-state index is 12.8. The van der Waals surface area contributed by atoms with E-state index in [0.717, 1.165) is 30.5 Å². The summed E-state index contributed by atoms with van der Waals surface area (Å²) in [6.45, 7) is 4.52. The lowest BCUT2D eigenvalue weighted by Crippen LogP contribution is -2.49. The molecule has 1 unspecified atom stereocenters. The molecule has 0 spiro atoms. The standard InChI is InChI=1S/C20H24N4O3/c1-20(2)9-8-12-13(10-20)22-23-17(12)18(25)21-14-11-27-16-7-5-4-6-15(16)24(3)19(14)26/h4-7,14H,8-11H2,1-3H3,(H,21,25)(H,22,23). The fourth-order valence-corrected chi connectivity index (χ4v) is 3.82. The van der Waals surface area contributed by atoms with Gasteiger partial charge in [0.2, 0.25) is 0 Å². The molecule has 0 fully saturated rings. The Kier molecular flexibility index (Phi) is 4.17. The molecular weight excluding hydrogens is 344 g/mol. The highest BCUT2D eigenvalue weighted by atomic mass is 16.5. The number of aromatic nitrogens is 2. The zero-order valence-corrected chi connectivity index (χ0v) is 15.8. The molecule has 1 aromatic heterocycles. The van der Waals surface area contributed by atoms with Crippen LogP contribution < -0.4 is 15.0 Å². The van der Waals surface area contributed by atoms with Gasteiger partial charge in [0.25, 0.3) is 11.8 Å². The Balaban J connectivity index is 1.53. The van der Waals surface area contributed by atoms with Gasteiger partial charge in [-0.1, -0.05) is 26.0 Å². The van der Waals surface area contributed by atoms with Gasteiger partial charge in [-0.15, -0.1) is 0 Å². The number of amides is 2. The molecule has 7 heteroatoms. The van der Waals surface area contributed by atoms with Gasteiger partial charge in [0.15, 0.2) is 5.69 Å². The van der Waals surface area contributed by atoms with Crippen LogP contribution in [-0.4, -0.2) is 41.7 Å². The summed E-state index contributed by atoms with van der Waals surface area (Å²) in [6, 6.07) is 6.58. The van der Waals surface area contributed by atoms with E-state index in [-0.39, 0.29) is 23.8 Å². The SMILES string of the molecule is CN1C(=O)C(NC(=O)c2n[nH]c3c2CCC(C)(C)C3)COc2ccccc21. The average molecular weight is 368 g/mol. The minimum atomic E-state index is -0.762. The van der Waals surface area contributed by atoms with Gasteiger partial charge in [0.1, 0.15) is 18.4 Å². The topological polar surface area (TPSA) is 87.3 Å². The van der Waals surface area contributed by atoms with Crippen LogP contribution in [0, 0.1) is 5.41 Å². The van der Waals surface area contributed by atoms with E-state index < -0.39 is 6.04 Å². The van der Waals surface area contributed by atoms with Crippen LogP contribution in [0.25, 0.3) is 0 Å². The molecule has 0 bridgehead atoms. The first-order chi connectivity index (χ1) is 12.9. The predicted molar refractivity (Wildman–Crippen MR) is 101 cm³/mol. The van der Waals surface area contributed by atoms with Crippen LogP contribution in [0.2, 0.25) is 0 Å². The van der Waals surface area contributed by atoms with Crippen molar-refractivity contribution in [2.45, 2.75) is 39.2 Å². The lowest BCUT2D eigenvalue weighted by Gasteiger charge is -2.29. The van der Waals surface area contributed by atoms with Gasteiger partial charge in [0, 0.05) is 18.3 Å². The maximum absolute atomic E-state index is 12.8. The number of ether oxygens (including phenoxy) is 1. The Morgan fingerprint density at radius 3 is 2.96 bits per heavy atom. The van der Waals surface area contributed by atoms with Gasteiger partial charge in [-0.2, -0.15) is 5.10 Å². The molecule has 1 aromatic carbocycles. The molecule has 142 valence electrons. The third-order valence-corrected chi connectivity index (χ3v) is 5.44. The molecule has 0 radical (unpaired) electrons. The smallest absolute Gasteiger partial charge is 0.272 e. The van der Waals surface area contributed by atoms with Crippen molar-refractivity contribution >= 4 is 17.5 Å². The first-order valence-electron chi connectivity index (χ1n) is 9.22. The van der Waals surface area contributed by atoms with Crippen LogP contribution in [0.5, 0.6) is 5.75 Å². The van der Waals surface area contributed by atoms with E-state index in [1.807, 2.05) is 24.3 Å². The Morgan fingerprint density at radius 2 is 2.15 bits per heavy atom. The number of nitrogens with zero attached hydrogens (tertiary/aromatic N) is 2. The summed E-state index contributed by atoms with van der Waals surface area (Å²) in [5.74, 6) is 0.0804. The van der Waals surface area contributed by atoms with Crippen molar-refractivity contribution in [1.29, 1.82) is 0 Å². The minimum absolute atomic E-state index is 0.0889. The molecule has 1 aliphatic heterocycles. The van der Waals surface area contributed by atoms with Gasteiger partial charge >= 0.3 is 0 Å². The zero-order valence-electron chi connectivity index (χ0n) is 15.8. The highest BCUT2D eigenvalue weighted by molar-refractivity contribution is 6.03. The van der Waals surface area contributed by atoms with Crippen molar-refractivity contribution in [3.05, 3.63) is 41.2 Å². The highest BCUT2D eigenvalue weighted by Crippen LogP contribution is 2.35. The van der Waals surface area contributed by atoms with E-state index in [1.54, 1.807) is 7.05 Å². The largest absolute Gasteiger partial charge is 0.489 e. The van der Waals surface area contributed by atoms with Crippen LogP contribution in [0.3, 0.4) is 0 Å². The monoisotopic (exact) mass is 368 g/mol. The summed E-state index contributed by atoms with van der Waals surface area (Å²) < 4.78 is 5.75. The second-order valence-corrected chi connectivity index (χ2v) is 8.07. The Labute approximate surface area is 158 Å². The molecule has 7 nitrogen and oxygen atoms in total. The summed E-state index contributed by atoms with van der Waals surface area (Å²) in [5.41, 5.74) is 3.26. The van der Waals surface area contributed by atoms with Crippen LogP contribution in [-0.2, 0) is 17.6 Å². The summed E-state index contributed by atoms with van der Waals surface area (Å²) in [5, 5.41) is 10.1. The molecule has 0 saturated carbocycles. The Bertz CT molecular complexity index is 902. The number of carbonyl (C=O) groups excluding carboxylic acids is 2. The molecule has 4 rings (SSSR count). The highest BCUT2D eigenvalue weighted by Gasteiger charge is 2.34.